The Hall–Kier alpha value is -3.93. The first-order chi connectivity index (χ1) is 20.6. The second kappa shape index (κ2) is 13.2. The number of fused-ring (bicyclic) bond motifs is 1. The fourth-order valence-corrected chi connectivity index (χ4v) is 6.36. The monoisotopic (exact) mass is 602 g/mol. The molecule has 3 N–H and O–H groups in total. The van der Waals surface area contributed by atoms with Crippen molar-refractivity contribution in [2.24, 2.45) is 5.73 Å². The molecule has 0 radical (unpaired) electrons. The van der Waals surface area contributed by atoms with Crippen LogP contribution in [0.3, 0.4) is 0 Å². The molecule has 0 saturated carbocycles. The number of unbranched alkanes of at least 4 members (excludes halogenated alkanes) is 1. The van der Waals surface area contributed by atoms with Gasteiger partial charge in [-0.25, -0.2) is 18.4 Å². The summed E-state index contributed by atoms with van der Waals surface area (Å²) in [5.74, 6) is 0.514. The minimum atomic E-state index is -3.44. The van der Waals surface area contributed by atoms with Gasteiger partial charge in [0.25, 0.3) is 5.91 Å². The summed E-state index contributed by atoms with van der Waals surface area (Å²) in [5.41, 5.74) is 9.41. The quantitative estimate of drug-likeness (QED) is 0.257. The van der Waals surface area contributed by atoms with E-state index in [0.717, 1.165) is 66.7 Å². The molecule has 0 spiro atoms. The Kier molecular flexibility index (Phi) is 9.34. The largest absolute Gasteiger partial charge is 0.372 e. The van der Waals surface area contributed by atoms with E-state index < -0.39 is 9.84 Å². The number of rotatable bonds is 10. The van der Waals surface area contributed by atoms with Gasteiger partial charge in [0.1, 0.15) is 5.82 Å². The maximum atomic E-state index is 12.8. The number of benzene rings is 1. The van der Waals surface area contributed by atoms with E-state index in [2.05, 4.69) is 22.1 Å². The molecule has 226 valence electrons. The average Bonchev–Trinajstić information content (AvgIpc) is 2.99. The highest BCUT2D eigenvalue weighted by molar-refractivity contribution is 7.90. The Morgan fingerprint density at radius 1 is 1.07 bits per heavy atom. The van der Waals surface area contributed by atoms with E-state index in [0.29, 0.717) is 17.8 Å². The van der Waals surface area contributed by atoms with Gasteiger partial charge in [0.2, 0.25) is 0 Å². The lowest BCUT2D eigenvalue weighted by molar-refractivity contribution is -0.0209. The van der Waals surface area contributed by atoms with E-state index in [-0.39, 0.29) is 35.1 Å². The van der Waals surface area contributed by atoms with Gasteiger partial charge in [-0.1, -0.05) is 12.1 Å². The van der Waals surface area contributed by atoms with Gasteiger partial charge in [-0.05, 0) is 87.7 Å². The second-order valence-corrected chi connectivity index (χ2v) is 13.1. The number of hydrogen-bond acceptors (Lipinski definition) is 9. The SMILES string of the molecule is Cc1ccc(C(=O)NCc2cc3nc(-c4cccc(N5C[C@H](CCCCN)O[C@H](C)C5)n4)ccc3cn2)cc1S(C)(=O)=O. The molecule has 0 aliphatic carbocycles. The summed E-state index contributed by atoms with van der Waals surface area (Å²) >= 11 is 0. The zero-order valence-corrected chi connectivity index (χ0v) is 25.6. The molecule has 0 bridgehead atoms. The fourth-order valence-electron chi connectivity index (χ4n) is 5.36. The number of nitrogens with two attached hydrogens (primary N) is 1. The number of aromatic nitrogens is 3. The Morgan fingerprint density at radius 3 is 2.67 bits per heavy atom. The standard InChI is InChI=1S/C32H38N6O4S/c1-21-10-11-23(15-30(21)43(3,40)41)32(39)35-18-25-16-29-24(17-34-25)12-13-28(36-29)27-8-6-9-31(37-27)38-19-22(2)42-26(20-38)7-4-5-14-33/h6,8-13,15-17,22,26H,4-5,7,14,18-20,33H2,1-3H3,(H,35,39)/t22-,26+/m1/s1. The van der Waals surface area contributed by atoms with Gasteiger partial charge < -0.3 is 20.7 Å². The predicted octanol–water partition coefficient (Wildman–Crippen LogP) is 4.06. The lowest BCUT2D eigenvalue weighted by Gasteiger charge is -2.37. The van der Waals surface area contributed by atoms with Crippen molar-refractivity contribution in [3.8, 4) is 11.4 Å². The van der Waals surface area contributed by atoms with E-state index in [9.17, 15) is 13.2 Å². The van der Waals surface area contributed by atoms with Crippen molar-refractivity contribution in [2.45, 2.75) is 56.8 Å². The maximum absolute atomic E-state index is 12.8. The number of carbonyl (C=O) groups is 1. The van der Waals surface area contributed by atoms with Crippen LogP contribution in [0.25, 0.3) is 22.3 Å². The molecule has 1 aliphatic heterocycles. The lowest BCUT2D eigenvalue weighted by atomic mass is 10.1. The Bertz CT molecular complexity index is 1730. The number of ether oxygens (including phenoxy) is 1. The van der Waals surface area contributed by atoms with E-state index in [1.807, 2.05) is 36.4 Å². The van der Waals surface area contributed by atoms with E-state index in [1.54, 1.807) is 25.3 Å². The smallest absolute Gasteiger partial charge is 0.251 e. The van der Waals surface area contributed by atoms with Gasteiger partial charge in [0.05, 0.1) is 46.2 Å². The molecule has 1 saturated heterocycles. The molecule has 3 aromatic heterocycles. The van der Waals surface area contributed by atoms with E-state index >= 15 is 0 Å². The maximum Gasteiger partial charge on any atom is 0.251 e. The lowest BCUT2D eigenvalue weighted by Crippen LogP contribution is -2.47. The van der Waals surface area contributed by atoms with Crippen LogP contribution in [-0.2, 0) is 21.1 Å². The number of carbonyl (C=O) groups excluding carboxylic acids is 1. The zero-order chi connectivity index (χ0) is 30.6. The highest BCUT2D eigenvalue weighted by Crippen LogP contribution is 2.25. The number of amides is 1. The molecule has 1 aliphatic rings. The van der Waals surface area contributed by atoms with Crippen molar-refractivity contribution in [1.29, 1.82) is 0 Å². The molecule has 4 heterocycles. The molecule has 0 unspecified atom stereocenters. The molecule has 10 nitrogen and oxygen atoms in total. The van der Waals surface area contributed by atoms with Gasteiger partial charge in [0.15, 0.2) is 9.84 Å². The summed E-state index contributed by atoms with van der Waals surface area (Å²) < 4.78 is 30.3. The van der Waals surface area contributed by atoms with E-state index in [4.69, 9.17) is 20.4 Å². The zero-order valence-electron chi connectivity index (χ0n) is 24.8. The van der Waals surface area contributed by atoms with Gasteiger partial charge >= 0.3 is 0 Å². The number of aryl methyl sites for hydroxylation is 1. The van der Waals surface area contributed by atoms with Crippen molar-refractivity contribution in [2.75, 3.05) is 30.8 Å². The summed E-state index contributed by atoms with van der Waals surface area (Å²) in [4.78, 5) is 29.5. The van der Waals surface area contributed by atoms with Crippen LogP contribution in [-0.4, -0.2) is 67.4 Å². The average molecular weight is 603 g/mol. The summed E-state index contributed by atoms with van der Waals surface area (Å²) in [6.45, 7) is 6.22. The third kappa shape index (κ3) is 7.54. The number of nitrogens with zero attached hydrogens (tertiary/aromatic N) is 4. The first kappa shape index (κ1) is 30.5. The number of anilines is 1. The molecule has 2 atom stereocenters. The van der Waals surface area contributed by atoms with Crippen LogP contribution in [0, 0.1) is 6.92 Å². The van der Waals surface area contributed by atoms with E-state index in [1.165, 1.54) is 6.07 Å². The highest BCUT2D eigenvalue weighted by Gasteiger charge is 2.26. The molecule has 1 amide bonds. The van der Waals surface area contributed by atoms with Crippen LogP contribution in [0.2, 0.25) is 0 Å². The molecule has 1 aromatic carbocycles. The number of morpholine rings is 1. The summed E-state index contributed by atoms with van der Waals surface area (Å²) in [6.07, 6.45) is 6.15. The molecule has 5 rings (SSSR count). The summed E-state index contributed by atoms with van der Waals surface area (Å²) in [5, 5.41) is 3.70. The third-order valence-electron chi connectivity index (χ3n) is 7.54. The van der Waals surface area contributed by atoms with Gasteiger partial charge in [-0.3, -0.25) is 9.78 Å². The number of hydrogen-bond donors (Lipinski definition) is 2. The molecular formula is C32H38N6O4S. The molecule has 43 heavy (non-hydrogen) atoms. The fraction of sp³-hybridized carbons (Fsp3) is 0.375. The predicted molar refractivity (Wildman–Crippen MR) is 168 cm³/mol. The van der Waals surface area contributed by atoms with Gasteiger partial charge in [-0.15, -0.1) is 0 Å². The van der Waals surface area contributed by atoms with Crippen LogP contribution in [0.4, 0.5) is 5.82 Å². The van der Waals surface area contributed by atoms with Crippen molar-refractivity contribution < 1.29 is 17.9 Å². The first-order valence-corrected chi connectivity index (χ1v) is 16.4. The van der Waals surface area contributed by atoms with Crippen LogP contribution in [0.1, 0.15) is 47.8 Å². The van der Waals surface area contributed by atoms with Gasteiger partial charge in [0, 0.05) is 36.5 Å². The van der Waals surface area contributed by atoms with Crippen molar-refractivity contribution in [3.05, 3.63) is 77.6 Å². The molecule has 1 fully saturated rings. The minimum Gasteiger partial charge on any atom is -0.372 e. The topological polar surface area (TPSA) is 140 Å². The highest BCUT2D eigenvalue weighted by atomic mass is 32.2. The normalized spacial score (nSPS) is 17.3. The Morgan fingerprint density at radius 2 is 1.88 bits per heavy atom. The van der Waals surface area contributed by atoms with Crippen molar-refractivity contribution in [3.63, 3.8) is 0 Å². The Balaban J connectivity index is 1.31. The first-order valence-electron chi connectivity index (χ1n) is 14.5. The van der Waals surface area contributed by atoms with Crippen molar-refractivity contribution in [1.82, 2.24) is 20.3 Å². The van der Waals surface area contributed by atoms with Crippen LogP contribution in [0.15, 0.2) is 65.7 Å². The minimum absolute atomic E-state index is 0.111. The summed E-state index contributed by atoms with van der Waals surface area (Å²) in [6, 6.07) is 16.4. The molecule has 4 aromatic rings. The number of nitrogens with one attached hydrogen (secondary N) is 1. The van der Waals surface area contributed by atoms with Gasteiger partial charge in [-0.2, -0.15) is 0 Å². The third-order valence-corrected chi connectivity index (χ3v) is 8.78. The number of sulfone groups is 1. The van der Waals surface area contributed by atoms with Crippen LogP contribution < -0.4 is 16.0 Å². The molecule has 11 heteroatoms. The number of pyridine rings is 3. The van der Waals surface area contributed by atoms with Crippen LogP contribution >= 0.6 is 0 Å². The molecular weight excluding hydrogens is 564 g/mol. The Labute approximate surface area is 252 Å². The van der Waals surface area contributed by atoms with Crippen LogP contribution in [0.5, 0.6) is 0 Å². The summed E-state index contributed by atoms with van der Waals surface area (Å²) in [7, 11) is -3.44. The van der Waals surface area contributed by atoms with Crippen molar-refractivity contribution >= 4 is 32.5 Å². The second-order valence-electron chi connectivity index (χ2n) is 11.1.